The lowest BCUT2D eigenvalue weighted by Gasteiger charge is -2.30. The molecule has 7 heteroatoms. The van der Waals surface area contributed by atoms with E-state index < -0.39 is 5.97 Å². The lowest BCUT2D eigenvalue weighted by atomic mass is 10.1. The molecule has 0 spiro atoms. The molecule has 1 atom stereocenters. The summed E-state index contributed by atoms with van der Waals surface area (Å²) in [6.45, 7) is 3.51. The summed E-state index contributed by atoms with van der Waals surface area (Å²) >= 11 is 0. The second kappa shape index (κ2) is 7.48. The van der Waals surface area contributed by atoms with Crippen molar-refractivity contribution in [2.75, 3.05) is 24.6 Å². The topological polar surface area (TPSA) is 95.8 Å². The number of carboxylic acids is 1. The molecule has 0 saturated carbocycles. The molecule has 1 aliphatic rings. The number of anilines is 1. The first kappa shape index (κ1) is 17.2. The van der Waals surface area contributed by atoms with Crippen LogP contribution >= 0.6 is 0 Å². The van der Waals surface area contributed by atoms with Gasteiger partial charge in [0.15, 0.2) is 0 Å². The zero-order chi connectivity index (χ0) is 17.8. The highest BCUT2D eigenvalue weighted by Crippen LogP contribution is 2.27. The fourth-order valence-corrected chi connectivity index (χ4v) is 2.94. The molecule has 0 unspecified atom stereocenters. The normalized spacial score (nSPS) is 17.4. The van der Waals surface area contributed by atoms with Crippen molar-refractivity contribution >= 4 is 11.9 Å². The zero-order valence-electron chi connectivity index (χ0n) is 14.1. The summed E-state index contributed by atoms with van der Waals surface area (Å²) in [6, 6.07) is 6.74. The average molecular weight is 343 g/mol. The highest BCUT2D eigenvalue weighted by molar-refractivity contribution is 5.92. The molecule has 132 valence electrons. The zero-order valence-corrected chi connectivity index (χ0v) is 14.1. The SMILES string of the molecule is CCOc1ccc(-c2ccnc(N3CCC[C@@H](O)C3)n2)cc1C(=O)O. The van der Waals surface area contributed by atoms with Crippen molar-refractivity contribution in [3.8, 4) is 17.0 Å². The van der Waals surface area contributed by atoms with Crippen LogP contribution in [0.1, 0.15) is 30.1 Å². The van der Waals surface area contributed by atoms with Gasteiger partial charge in [0, 0.05) is 24.8 Å². The second-order valence-corrected chi connectivity index (χ2v) is 5.93. The van der Waals surface area contributed by atoms with Crippen LogP contribution in [-0.2, 0) is 0 Å². The molecule has 0 bridgehead atoms. The molecule has 0 radical (unpaired) electrons. The van der Waals surface area contributed by atoms with Crippen molar-refractivity contribution in [1.82, 2.24) is 9.97 Å². The Kier molecular flexibility index (Phi) is 5.14. The van der Waals surface area contributed by atoms with Crippen LogP contribution in [0.5, 0.6) is 5.75 Å². The predicted octanol–water partition coefficient (Wildman–Crippen LogP) is 2.20. The monoisotopic (exact) mass is 343 g/mol. The summed E-state index contributed by atoms with van der Waals surface area (Å²) in [7, 11) is 0. The number of benzene rings is 1. The third-order valence-corrected chi connectivity index (χ3v) is 4.13. The summed E-state index contributed by atoms with van der Waals surface area (Å²) < 4.78 is 5.37. The van der Waals surface area contributed by atoms with Gasteiger partial charge < -0.3 is 19.8 Å². The van der Waals surface area contributed by atoms with Crippen LogP contribution in [-0.4, -0.2) is 52.0 Å². The Balaban J connectivity index is 1.92. The van der Waals surface area contributed by atoms with Gasteiger partial charge in [0.1, 0.15) is 11.3 Å². The standard InChI is InChI=1S/C18H21N3O4/c1-2-25-16-6-5-12(10-14(16)17(23)24)15-7-8-19-18(20-15)21-9-3-4-13(22)11-21/h5-8,10,13,22H,2-4,9,11H2,1H3,(H,23,24)/t13-/m1/s1. The molecule has 1 aromatic heterocycles. The number of aliphatic hydroxyl groups excluding tert-OH is 1. The Morgan fingerprint density at radius 2 is 2.24 bits per heavy atom. The van der Waals surface area contributed by atoms with Gasteiger partial charge >= 0.3 is 5.97 Å². The smallest absolute Gasteiger partial charge is 0.339 e. The van der Waals surface area contributed by atoms with E-state index in [2.05, 4.69) is 9.97 Å². The minimum atomic E-state index is -1.04. The Morgan fingerprint density at radius 1 is 1.40 bits per heavy atom. The van der Waals surface area contributed by atoms with E-state index in [1.807, 2.05) is 11.8 Å². The van der Waals surface area contributed by atoms with Gasteiger partial charge in [-0.15, -0.1) is 0 Å². The average Bonchev–Trinajstić information content (AvgIpc) is 2.62. The first-order valence-electron chi connectivity index (χ1n) is 8.35. The van der Waals surface area contributed by atoms with Crippen LogP contribution in [0.2, 0.25) is 0 Å². The number of β-amino-alcohol motifs (C(OH)–C–C–N with tert-alkyl or cyclic N) is 1. The Labute approximate surface area is 145 Å². The van der Waals surface area contributed by atoms with Crippen LogP contribution in [0.3, 0.4) is 0 Å². The summed E-state index contributed by atoms with van der Waals surface area (Å²) in [4.78, 5) is 22.3. The molecule has 1 fully saturated rings. The minimum Gasteiger partial charge on any atom is -0.493 e. The van der Waals surface area contributed by atoms with Gasteiger partial charge in [-0.05, 0) is 44.0 Å². The fourth-order valence-electron chi connectivity index (χ4n) is 2.94. The molecule has 1 saturated heterocycles. The molecule has 0 aliphatic carbocycles. The summed E-state index contributed by atoms with van der Waals surface area (Å²) in [5.74, 6) is -0.159. The van der Waals surface area contributed by atoms with Crippen molar-refractivity contribution in [1.29, 1.82) is 0 Å². The van der Waals surface area contributed by atoms with E-state index in [4.69, 9.17) is 4.74 Å². The number of rotatable bonds is 5. The van der Waals surface area contributed by atoms with Crippen molar-refractivity contribution in [3.05, 3.63) is 36.0 Å². The van der Waals surface area contributed by atoms with Gasteiger partial charge in [-0.2, -0.15) is 0 Å². The first-order chi connectivity index (χ1) is 12.1. The predicted molar refractivity (Wildman–Crippen MR) is 93.1 cm³/mol. The molecular weight excluding hydrogens is 322 g/mol. The maximum atomic E-state index is 11.5. The lowest BCUT2D eigenvalue weighted by molar-refractivity contribution is 0.0692. The number of hydrogen-bond acceptors (Lipinski definition) is 6. The van der Waals surface area contributed by atoms with Crippen molar-refractivity contribution in [3.63, 3.8) is 0 Å². The largest absolute Gasteiger partial charge is 0.493 e. The van der Waals surface area contributed by atoms with Crippen molar-refractivity contribution in [2.45, 2.75) is 25.9 Å². The highest BCUT2D eigenvalue weighted by Gasteiger charge is 2.20. The number of piperidine rings is 1. The Bertz CT molecular complexity index is 766. The van der Waals surface area contributed by atoms with Gasteiger partial charge in [0.2, 0.25) is 5.95 Å². The number of nitrogens with zero attached hydrogens (tertiary/aromatic N) is 3. The number of aromatic carboxylic acids is 1. The first-order valence-corrected chi connectivity index (χ1v) is 8.35. The Hall–Kier alpha value is -2.67. The van der Waals surface area contributed by atoms with E-state index in [1.165, 1.54) is 0 Å². The van der Waals surface area contributed by atoms with Crippen LogP contribution in [0.25, 0.3) is 11.3 Å². The third kappa shape index (κ3) is 3.88. The Morgan fingerprint density at radius 3 is 2.96 bits per heavy atom. The van der Waals surface area contributed by atoms with Gasteiger partial charge in [-0.1, -0.05) is 0 Å². The van der Waals surface area contributed by atoms with E-state index in [0.717, 1.165) is 19.4 Å². The van der Waals surface area contributed by atoms with E-state index >= 15 is 0 Å². The number of ether oxygens (including phenoxy) is 1. The van der Waals surface area contributed by atoms with Gasteiger partial charge in [0.25, 0.3) is 0 Å². The van der Waals surface area contributed by atoms with Crippen LogP contribution in [0, 0.1) is 0 Å². The molecule has 1 aromatic carbocycles. The van der Waals surface area contributed by atoms with Crippen molar-refractivity contribution < 1.29 is 19.7 Å². The highest BCUT2D eigenvalue weighted by atomic mass is 16.5. The number of carbonyl (C=O) groups is 1. The van der Waals surface area contributed by atoms with Crippen LogP contribution in [0.15, 0.2) is 30.5 Å². The molecule has 2 N–H and O–H groups in total. The summed E-state index contributed by atoms with van der Waals surface area (Å²) in [5, 5.41) is 19.2. The minimum absolute atomic E-state index is 0.105. The molecular formula is C18H21N3O4. The number of aromatic nitrogens is 2. The quantitative estimate of drug-likeness (QED) is 0.859. The molecule has 7 nitrogen and oxygen atoms in total. The van der Waals surface area contributed by atoms with Gasteiger partial charge in [0.05, 0.1) is 18.4 Å². The molecule has 25 heavy (non-hydrogen) atoms. The van der Waals surface area contributed by atoms with Crippen molar-refractivity contribution in [2.24, 2.45) is 0 Å². The lowest BCUT2D eigenvalue weighted by Crippen LogP contribution is -2.39. The maximum Gasteiger partial charge on any atom is 0.339 e. The number of aliphatic hydroxyl groups is 1. The van der Waals surface area contributed by atoms with Crippen LogP contribution < -0.4 is 9.64 Å². The third-order valence-electron chi connectivity index (χ3n) is 4.13. The van der Waals surface area contributed by atoms with Gasteiger partial charge in [-0.25, -0.2) is 14.8 Å². The molecule has 1 aliphatic heterocycles. The summed E-state index contributed by atoms with van der Waals surface area (Å²) in [5.41, 5.74) is 1.42. The molecule has 2 aromatic rings. The van der Waals surface area contributed by atoms with Gasteiger partial charge in [-0.3, -0.25) is 0 Å². The second-order valence-electron chi connectivity index (χ2n) is 5.93. The number of hydrogen-bond donors (Lipinski definition) is 2. The number of carboxylic acid groups (broad SMARTS) is 1. The summed E-state index contributed by atoms with van der Waals surface area (Å²) in [6.07, 6.45) is 2.96. The molecule has 0 amide bonds. The maximum absolute atomic E-state index is 11.5. The molecule has 3 rings (SSSR count). The fraction of sp³-hybridized carbons (Fsp3) is 0.389. The molecule has 2 heterocycles. The van der Waals surface area contributed by atoms with Crippen LogP contribution in [0.4, 0.5) is 5.95 Å². The van der Waals surface area contributed by atoms with E-state index in [1.54, 1.807) is 30.5 Å². The van der Waals surface area contributed by atoms with E-state index in [-0.39, 0.29) is 11.7 Å². The van der Waals surface area contributed by atoms with E-state index in [9.17, 15) is 15.0 Å². The van der Waals surface area contributed by atoms with E-state index in [0.29, 0.717) is 36.1 Å².